The Morgan fingerprint density at radius 2 is 1.95 bits per heavy atom. The van der Waals surface area contributed by atoms with E-state index in [1.54, 1.807) is 18.3 Å². The predicted octanol–water partition coefficient (Wildman–Crippen LogP) is 3.91. The molecule has 0 radical (unpaired) electrons. The van der Waals surface area contributed by atoms with Crippen molar-refractivity contribution >= 4 is 17.6 Å². The van der Waals surface area contributed by atoms with Crippen molar-refractivity contribution in [2.45, 2.75) is 20.3 Å². The van der Waals surface area contributed by atoms with Crippen LogP contribution in [0.25, 0.3) is 0 Å². The fraction of sp³-hybridized carbons (Fsp3) is 0.188. The number of nitro benzene ring substituents is 1. The Bertz CT molecular complexity index is 664. The van der Waals surface area contributed by atoms with Gasteiger partial charge in [0.05, 0.1) is 16.8 Å². The van der Waals surface area contributed by atoms with Crippen molar-refractivity contribution in [2.75, 3.05) is 5.43 Å². The van der Waals surface area contributed by atoms with Crippen molar-refractivity contribution in [3.8, 4) is 0 Å². The van der Waals surface area contributed by atoms with Crippen molar-refractivity contribution in [3.63, 3.8) is 0 Å². The fourth-order valence-electron chi connectivity index (χ4n) is 1.94. The third kappa shape index (κ3) is 3.89. The summed E-state index contributed by atoms with van der Waals surface area (Å²) in [5.74, 6) is 0. The maximum atomic E-state index is 11.0. The van der Waals surface area contributed by atoms with Crippen molar-refractivity contribution in [3.05, 3.63) is 69.3 Å². The number of hydrogen-bond donors (Lipinski definition) is 1. The molecule has 0 aliphatic rings. The van der Waals surface area contributed by atoms with Crippen molar-refractivity contribution in [1.82, 2.24) is 0 Å². The van der Waals surface area contributed by atoms with Crippen LogP contribution < -0.4 is 5.43 Å². The summed E-state index contributed by atoms with van der Waals surface area (Å²) in [6.45, 7) is 3.91. The SMILES string of the molecule is CCc1ccc(/C=N\Nc2ccc(C)cc2)cc1[N+](=O)[O-]. The number of hydrogen-bond acceptors (Lipinski definition) is 4. The molecule has 0 aliphatic carbocycles. The lowest BCUT2D eigenvalue weighted by Gasteiger charge is -2.02. The predicted molar refractivity (Wildman–Crippen MR) is 84.9 cm³/mol. The van der Waals surface area contributed by atoms with Gasteiger partial charge in [0, 0.05) is 17.2 Å². The third-order valence-corrected chi connectivity index (χ3v) is 3.15. The second kappa shape index (κ2) is 6.65. The molecular weight excluding hydrogens is 266 g/mol. The summed E-state index contributed by atoms with van der Waals surface area (Å²) >= 11 is 0. The molecule has 0 heterocycles. The molecular formula is C16H17N3O2. The van der Waals surface area contributed by atoms with Crippen LogP contribution in [-0.4, -0.2) is 11.1 Å². The minimum atomic E-state index is -0.358. The van der Waals surface area contributed by atoms with E-state index in [4.69, 9.17) is 0 Å². The molecule has 0 unspecified atom stereocenters. The van der Waals surface area contributed by atoms with Crippen LogP contribution in [0, 0.1) is 17.0 Å². The van der Waals surface area contributed by atoms with E-state index < -0.39 is 0 Å². The molecule has 1 N–H and O–H groups in total. The molecule has 5 heteroatoms. The molecule has 2 aromatic carbocycles. The first-order chi connectivity index (χ1) is 10.1. The van der Waals surface area contributed by atoms with Crippen LogP contribution in [0.1, 0.15) is 23.6 Å². The minimum absolute atomic E-state index is 0.136. The molecule has 0 atom stereocenters. The van der Waals surface area contributed by atoms with Gasteiger partial charge in [-0.3, -0.25) is 15.5 Å². The molecule has 0 spiro atoms. The van der Waals surface area contributed by atoms with Crippen LogP contribution in [0.2, 0.25) is 0 Å². The van der Waals surface area contributed by atoms with E-state index in [1.807, 2.05) is 44.2 Å². The maximum absolute atomic E-state index is 11.0. The van der Waals surface area contributed by atoms with E-state index in [0.29, 0.717) is 12.0 Å². The van der Waals surface area contributed by atoms with Gasteiger partial charge in [-0.1, -0.05) is 36.8 Å². The topological polar surface area (TPSA) is 67.5 Å². The van der Waals surface area contributed by atoms with Gasteiger partial charge < -0.3 is 0 Å². The second-order valence-corrected chi connectivity index (χ2v) is 4.73. The Kier molecular flexibility index (Phi) is 4.66. The second-order valence-electron chi connectivity index (χ2n) is 4.73. The average Bonchev–Trinajstić information content (AvgIpc) is 2.49. The molecule has 0 saturated carbocycles. The van der Waals surface area contributed by atoms with Gasteiger partial charge in [-0.2, -0.15) is 5.10 Å². The molecule has 0 amide bonds. The summed E-state index contributed by atoms with van der Waals surface area (Å²) < 4.78 is 0. The molecule has 2 aromatic rings. The van der Waals surface area contributed by atoms with Gasteiger partial charge in [0.25, 0.3) is 5.69 Å². The van der Waals surface area contributed by atoms with Crippen molar-refractivity contribution in [2.24, 2.45) is 5.10 Å². The zero-order chi connectivity index (χ0) is 15.2. The van der Waals surface area contributed by atoms with E-state index in [-0.39, 0.29) is 10.6 Å². The lowest BCUT2D eigenvalue weighted by Crippen LogP contribution is -1.97. The molecule has 0 saturated heterocycles. The third-order valence-electron chi connectivity index (χ3n) is 3.15. The summed E-state index contributed by atoms with van der Waals surface area (Å²) in [5.41, 5.74) is 6.50. The number of rotatable bonds is 5. The van der Waals surface area contributed by atoms with E-state index in [9.17, 15) is 10.1 Å². The first-order valence-electron chi connectivity index (χ1n) is 6.73. The summed E-state index contributed by atoms with van der Waals surface area (Å²) in [4.78, 5) is 10.6. The van der Waals surface area contributed by atoms with Gasteiger partial charge in [-0.15, -0.1) is 0 Å². The highest BCUT2D eigenvalue weighted by Crippen LogP contribution is 2.20. The Labute approximate surface area is 123 Å². The standard InChI is InChI=1S/C16H17N3O2/c1-3-14-7-6-13(10-16(14)19(20)21)11-17-18-15-8-4-12(2)5-9-15/h4-11,18H,3H2,1-2H3/b17-11-. The lowest BCUT2D eigenvalue weighted by atomic mass is 10.1. The van der Waals surface area contributed by atoms with Gasteiger partial charge >= 0.3 is 0 Å². The van der Waals surface area contributed by atoms with Gasteiger partial charge in [0.15, 0.2) is 0 Å². The molecule has 108 valence electrons. The fourth-order valence-corrected chi connectivity index (χ4v) is 1.94. The number of anilines is 1. The first-order valence-corrected chi connectivity index (χ1v) is 6.73. The van der Waals surface area contributed by atoms with Crippen molar-refractivity contribution < 1.29 is 4.92 Å². The number of aryl methyl sites for hydroxylation is 2. The Morgan fingerprint density at radius 3 is 2.57 bits per heavy atom. The van der Waals surface area contributed by atoms with Gasteiger partial charge in [-0.25, -0.2) is 0 Å². The molecule has 0 fully saturated rings. The van der Waals surface area contributed by atoms with Gasteiger partial charge in [0.2, 0.25) is 0 Å². The van der Waals surface area contributed by atoms with E-state index >= 15 is 0 Å². The molecule has 0 bridgehead atoms. The van der Waals surface area contributed by atoms with Crippen LogP contribution in [0.3, 0.4) is 0 Å². The van der Waals surface area contributed by atoms with Crippen LogP contribution >= 0.6 is 0 Å². The average molecular weight is 283 g/mol. The summed E-state index contributed by atoms with van der Waals surface area (Å²) in [5, 5.41) is 15.1. The summed E-state index contributed by atoms with van der Waals surface area (Å²) in [7, 11) is 0. The number of nitrogens with one attached hydrogen (secondary N) is 1. The van der Waals surface area contributed by atoms with Gasteiger partial charge in [0.1, 0.15) is 0 Å². The Morgan fingerprint density at radius 1 is 1.24 bits per heavy atom. The Balaban J connectivity index is 2.12. The molecule has 2 rings (SSSR count). The molecule has 0 aromatic heterocycles. The molecule has 21 heavy (non-hydrogen) atoms. The zero-order valence-electron chi connectivity index (χ0n) is 12.0. The molecule has 5 nitrogen and oxygen atoms in total. The number of nitro groups is 1. The quantitative estimate of drug-likeness (QED) is 0.514. The van der Waals surface area contributed by atoms with Crippen LogP contribution in [0.15, 0.2) is 47.6 Å². The summed E-state index contributed by atoms with van der Waals surface area (Å²) in [6.07, 6.45) is 2.21. The zero-order valence-corrected chi connectivity index (χ0v) is 12.0. The molecule has 0 aliphatic heterocycles. The first kappa shape index (κ1) is 14.7. The largest absolute Gasteiger partial charge is 0.279 e. The van der Waals surface area contributed by atoms with E-state index in [0.717, 1.165) is 11.3 Å². The van der Waals surface area contributed by atoms with Gasteiger partial charge in [-0.05, 0) is 25.5 Å². The summed E-state index contributed by atoms with van der Waals surface area (Å²) in [6, 6.07) is 13.0. The smallest absolute Gasteiger partial charge is 0.273 e. The maximum Gasteiger partial charge on any atom is 0.273 e. The normalized spacial score (nSPS) is 10.8. The van der Waals surface area contributed by atoms with Crippen molar-refractivity contribution in [1.29, 1.82) is 0 Å². The van der Waals surface area contributed by atoms with E-state index in [1.165, 1.54) is 5.56 Å². The van der Waals surface area contributed by atoms with Crippen LogP contribution in [0.4, 0.5) is 11.4 Å². The van der Waals surface area contributed by atoms with Crippen LogP contribution in [0.5, 0.6) is 0 Å². The monoisotopic (exact) mass is 283 g/mol. The highest BCUT2D eigenvalue weighted by molar-refractivity contribution is 5.81. The number of nitrogens with zero attached hydrogens (tertiary/aromatic N) is 2. The highest BCUT2D eigenvalue weighted by Gasteiger charge is 2.12. The lowest BCUT2D eigenvalue weighted by molar-refractivity contribution is -0.385. The highest BCUT2D eigenvalue weighted by atomic mass is 16.6. The van der Waals surface area contributed by atoms with E-state index in [2.05, 4.69) is 10.5 Å². The minimum Gasteiger partial charge on any atom is -0.279 e. The van der Waals surface area contributed by atoms with Crippen LogP contribution in [-0.2, 0) is 6.42 Å². The number of benzene rings is 2. The Hall–Kier alpha value is -2.69. The number of hydrazone groups is 1.